The maximum absolute atomic E-state index is 4.96. The minimum atomic E-state index is 0. The van der Waals surface area contributed by atoms with E-state index in [0.717, 1.165) is 50.2 Å². The molecule has 6 heteroatoms. The van der Waals surface area contributed by atoms with Crippen LogP contribution in [-0.2, 0) is 28.1 Å². The third kappa shape index (κ3) is 3.76. The molecule has 40 heavy (non-hydrogen) atoms. The molecule has 3 heterocycles. The van der Waals surface area contributed by atoms with Crippen molar-refractivity contribution in [3.8, 4) is 17.1 Å². The fraction of sp³-hybridized carbons (Fsp3) is 0.0588. The summed E-state index contributed by atoms with van der Waals surface area (Å²) < 4.78 is 4.43. The predicted octanol–water partition coefficient (Wildman–Crippen LogP) is 7.43. The summed E-state index contributed by atoms with van der Waals surface area (Å²) in [5.74, 6) is 0.901. The van der Waals surface area contributed by atoms with E-state index in [1.807, 2.05) is 37.1 Å². The van der Waals surface area contributed by atoms with E-state index in [9.17, 15) is 0 Å². The van der Waals surface area contributed by atoms with Gasteiger partial charge in [0.05, 0.1) is 16.9 Å². The van der Waals surface area contributed by atoms with Crippen molar-refractivity contribution in [2.75, 3.05) is 11.9 Å². The summed E-state index contributed by atoms with van der Waals surface area (Å²) in [6.45, 7) is 2.05. The summed E-state index contributed by atoms with van der Waals surface area (Å²) in [6, 6.07) is 39.4. The third-order valence-corrected chi connectivity index (χ3v) is 7.62. The molecule has 0 amide bonds. The van der Waals surface area contributed by atoms with Crippen LogP contribution in [0.2, 0.25) is 0 Å². The average Bonchev–Trinajstić information content (AvgIpc) is 3.65. The van der Waals surface area contributed by atoms with E-state index >= 15 is 0 Å². The number of nitrogens with zero attached hydrogens (tertiary/aromatic N) is 5. The van der Waals surface area contributed by atoms with Crippen molar-refractivity contribution in [1.82, 2.24) is 19.0 Å². The molecule has 0 saturated carbocycles. The first kappa shape index (κ1) is 24.7. The number of hydrogen-bond acceptors (Lipinski definition) is 3. The summed E-state index contributed by atoms with van der Waals surface area (Å²) in [5, 5.41) is 4.78. The number of hydrogen-bond donors (Lipinski definition) is 0. The molecule has 0 spiro atoms. The molecule has 0 fully saturated rings. The minimum Gasteiger partial charge on any atom is -0.510 e. The van der Waals surface area contributed by atoms with Crippen LogP contribution in [0, 0.1) is 18.8 Å². The number of fused-ring (bicyclic) bond motifs is 5. The number of anilines is 1. The van der Waals surface area contributed by atoms with Gasteiger partial charge in [-0.1, -0.05) is 53.5 Å². The molecular formula is C34H24N5Pt-3. The van der Waals surface area contributed by atoms with Gasteiger partial charge in [0.1, 0.15) is 0 Å². The summed E-state index contributed by atoms with van der Waals surface area (Å²) >= 11 is 0. The van der Waals surface area contributed by atoms with Gasteiger partial charge in [0.15, 0.2) is 0 Å². The van der Waals surface area contributed by atoms with Crippen molar-refractivity contribution < 1.29 is 21.1 Å². The van der Waals surface area contributed by atoms with Crippen LogP contribution in [-0.4, -0.2) is 26.1 Å². The summed E-state index contributed by atoms with van der Waals surface area (Å²) in [6.07, 6.45) is 4.08. The van der Waals surface area contributed by atoms with E-state index in [0.29, 0.717) is 0 Å². The molecule has 5 nitrogen and oxygen atoms in total. The van der Waals surface area contributed by atoms with E-state index in [-0.39, 0.29) is 21.1 Å². The quantitative estimate of drug-likeness (QED) is 0.180. The Morgan fingerprint density at radius 1 is 0.700 bits per heavy atom. The van der Waals surface area contributed by atoms with Crippen LogP contribution in [0.4, 0.5) is 5.69 Å². The second-order valence-corrected chi connectivity index (χ2v) is 10.1. The minimum absolute atomic E-state index is 0. The molecule has 2 aromatic heterocycles. The first-order valence-electron chi connectivity index (χ1n) is 13.0. The van der Waals surface area contributed by atoms with E-state index in [1.165, 1.54) is 16.2 Å². The maximum Gasteiger partial charge on any atom is 0.0770 e. The van der Waals surface area contributed by atoms with Crippen LogP contribution in [0.3, 0.4) is 0 Å². The maximum atomic E-state index is 4.96. The Labute approximate surface area is 246 Å². The standard InChI is InChI=1S/C34H24N5.Pt/c1-36-16-17-38(22-36)26-10-7-11-27(21-26)39-32-20-25(34-35-30-12-5-6-13-31(30)37(34)2)14-15-28(32)29-18-23-8-3-4-9-24(23)19-33(29)39;/h3-19,22H,1-2H3;/q-3;. The molecule has 8 rings (SSSR count). The van der Waals surface area contributed by atoms with E-state index in [2.05, 4.69) is 118 Å². The van der Waals surface area contributed by atoms with Crippen molar-refractivity contribution in [1.29, 1.82) is 0 Å². The van der Waals surface area contributed by atoms with Gasteiger partial charge in [-0.15, -0.1) is 47.6 Å². The van der Waals surface area contributed by atoms with Gasteiger partial charge < -0.3 is 18.9 Å². The number of aryl methyl sites for hydroxylation is 1. The molecule has 1 aliphatic heterocycles. The summed E-state index contributed by atoms with van der Waals surface area (Å²) in [7, 11) is 4.09. The van der Waals surface area contributed by atoms with Crippen molar-refractivity contribution >= 4 is 49.3 Å². The van der Waals surface area contributed by atoms with Crippen LogP contribution >= 0.6 is 0 Å². The summed E-state index contributed by atoms with van der Waals surface area (Å²) in [5.41, 5.74) is 7.14. The molecule has 0 N–H and O–H groups in total. The van der Waals surface area contributed by atoms with Gasteiger partial charge in [0, 0.05) is 33.6 Å². The Morgan fingerprint density at radius 3 is 2.27 bits per heavy atom. The number of benzene rings is 5. The van der Waals surface area contributed by atoms with Crippen molar-refractivity contribution in [2.24, 2.45) is 7.05 Å². The van der Waals surface area contributed by atoms with Gasteiger partial charge in [-0.25, -0.2) is 0 Å². The van der Waals surface area contributed by atoms with Gasteiger partial charge in [-0.3, -0.25) is 4.98 Å². The molecule has 0 saturated heterocycles. The molecule has 0 aliphatic carbocycles. The largest absolute Gasteiger partial charge is 0.510 e. The number of aromatic nitrogens is 3. The molecule has 7 aromatic rings. The van der Waals surface area contributed by atoms with Crippen LogP contribution in [0.25, 0.3) is 60.7 Å². The van der Waals surface area contributed by atoms with Crippen molar-refractivity contribution in [3.63, 3.8) is 0 Å². The molecule has 5 aromatic carbocycles. The zero-order valence-corrected chi connectivity index (χ0v) is 24.2. The molecule has 0 radical (unpaired) electrons. The fourth-order valence-corrected chi connectivity index (χ4v) is 5.71. The SMILES string of the molecule is CN1C=CN(c2[c-]c(-n3c4[c-]c(-c5nc6ccccc6n5C)ccc4c4cc5ccccc5cc43)ccc2)[CH-]1.[Pt]. The second kappa shape index (κ2) is 9.39. The molecule has 198 valence electrons. The first-order chi connectivity index (χ1) is 19.1. The Morgan fingerprint density at radius 2 is 1.48 bits per heavy atom. The Hall–Kier alpha value is -4.34. The van der Waals surface area contributed by atoms with Crippen LogP contribution in [0.15, 0.2) is 103 Å². The van der Waals surface area contributed by atoms with Crippen LogP contribution in [0.1, 0.15) is 0 Å². The topological polar surface area (TPSA) is 29.2 Å². The monoisotopic (exact) mass is 697 g/mol. The molecule has 0 atom stereocenters. The zero-order chi connectivity index (χ0) is 26.1. The van der Waals surface area contributed by atoms with Gasteiger partial charge in [0.2, 0.25) is 0 Å². The van der Waals surface area contributed by atoms with Gasteiger partial charge in [-0.2, -0.15) is 12.7 Å². The first-order valence-corrected chi connectivity index (χ1v) is 13.0. The fourth-order valence-electron chi connectivity index (χ4n) is 5.71. The average molecular weight is 698 g/mol. The van der Waals surface area contributed by atoms with E-state index < -0.39 is 0 Å². The normalized spacial score (nSPS) is 13.2. The Bertz CT molecular complexity index is 2100. The van der Waals surface area contributed by atoms with Crippen LogP contribution in [0.5, 0.6) is 0 Å². The van der Waals surface area contributed by atoms with Gasteiger partial charge in [0.25, 0.3) is 0 Å². The summed E-state index contributed by atoms with van der Waals surface area (Å²) in [4.78, 5) is 9.07. The van der Waals surface area contributed by atoms with E-state index in [4.69, 9.17) is 4.98 Å². The van der Waals surface area contributed by atoms with E-state index in [1.54, 1.807) is 0 Å². The van der Waals surface area contributed by atoms with Crippen LogP contribution < -0.4 is 4.90 Å². The van der Waals surface area contributed by atoms with Gasteiger partial charge >= 0.3 is 0 Å². The van der Waals surface area contributed by atoms with Crippen molar-refractivity contribution in [2.45, 2.75) is 0 Å². The molecular weight excluding hydrogens is 673 g/mol. The third-order valence-electron chi connectivity index (χ3n) is 7.62. The number of rotatable bonds is 3. The zero-order valence-electron chi connectivity index (χ0n) is 21.9. The molecule has 1 aliphatic rings. The second-order valence-electron chi connectivity index (χ2n) is 10.1. The van der Waals surface area contributed by atoms with Gasteiger partial charge in [-0.05, 0) is 59.3 Å². The Balaban J connectivity index is 0.00000264. The molecule has 0 unspecified atom stereocenters. The van der Waals surface area contributed by atoms with Crippen molar-refractivity contribution in [3.05, 3.63) is 122 Å². The number of imidazole rings is 1. The Kier molecular flexibility index (Phi) is 5.80. The number of para-hydroxylation sites is 2. The predicted molar refractivity (Wildman–Crippen MR) is 159 cm³/mol. The molecule has 0 bridgehead atoms. The smallest absolute Gasteiger partial charge is 0.0770 e.